The number of sulfonamides is 1. The number of carbonyl (C=O) groups is 2. The third-order valence-corrected chi connectivity index (χ3v) is 8.66. The number of methoxy groups -OCH3 is 3. The molecule has 0 saturated heterocycles. The molecule has 0 aliphatic carbocycles. The molecule has 232 valence electrons. The van der Waals surface area contributed by atoms with Crippen LogP contribution >= 0.6 is 11.6 Å². The van der Waals surface area contributed by atoms with Crippen LogP contribution in [0.15, 0.2) is 65.6 Å². The molecule has 0 bridgehead atoms. The number of rotatable bonds is 13. The molecule has 0 radical (unpaired) electrons. The SMILES string of the molecule is COc1ccc(S(=O)(=O)N(CC(=O)N(Cc2cccc(C)c2)[C@H](C)C(=O)NC(C)C)c2cc(Cl)ccc2OC)cc1OC. The van der Waals surface area contributed by atoms with Crippen LogP contribution in [0.1, 0.15) is 31.9 Å². The van der Waals surface area contributed by atoms with Crippen LogP contribution in [0, 0.1) is 6.92 Å². The zero-order chi connectivity index (χ0) is 31.9. The van der Waals surface area contributed by atoms with Crippen LogP contribution in [-0.2, 0) is 26.2 Å². The molecule has 12 heteroatoms. The van der Waals surface area contributed by atoms with Crippen LogP contribution in [0.25, 0.3) is 0 Å². The molecule has 0 fully saturated rings. The predicted octanol–water partition coefficient (Wildman–Crippen LogP) is 4.81. The number of nitrogens with one attached hydrogen (secondary N) is 1. The first-order chi connectivity index (χ1) is 20.3. The number of halogens is 1. The molecule has 0 heterocycles. The average Bonchev–Trinajstić information content (AvgIpc) is 2.97. The summed E-state index contributed by atoms with van der Waals surface area (Å²) in [5.41, 5.74) is 1.81. The molecule has 0 spiro atoms. The largest absolute Gasteiger partial charge is 0.495 e. The summed E-state index contributed by atoms with van der Waals surface area (Å²) in [4.78, 5) is 28.5. The van der Waals surface area contributed by atoms with Crippen molar-refractivity contribution in [2.75, 3.05) is 32.2 Å². The standard InChI is InChI=1S/C31H38ClN3O7S/c1-20(2)33-31(37)22(4)34(18-23-10-8-9-21(3)15-23)30(36)19-35(26-16-24(32)11-13-27(26)40-5)43(38,39)25-12-14-28(41-6)29(17-25)42-7/h8-17,20,22H,18-19H2,1-7H3,(H,33,37)/t22-/m1/s1. The second-order valence-corrected chi connectivity index (χ2v) is 12.5. The minimum absolute atomic E-state index is 0.0490. The van der Waals surface area contributed by atoms with Crippen molar-refractivity contribution in [1.82, 2.24) is 10.2 Å². The lowest BCUT2D eigenvalue weighted by molar-refractivity contribution is -0.139. The number of carbonyl (C=O) groups excluding carboxylic acids is 2. The van der Waals surface area contributed by atoms with E-state index < -0.39 is 28.5 Å². The smallest absolute Gasteiger partial charge is 0.265 e. The minimum Gasteiger partial charge on any atom is -0.495 e. The van der Waals surface area contributed by atoms with Crippen molar-refractivity contribution in [3.63, 3.8) is 0 Å². The minimum atomic E-state index is -4.42. The summed E-state index contributed by atoms with van der Waals surface area (Å²) >= 11 is 6.30. The fraction of sp³-hybridized carbons (Fsp3) is 0.355. The molecular weight excluding hydrogens is 594 g/mol. The summed E-state index contributed by atoms with van der Waals surface area (Å²) in [6, 6.07) is 15.1. The van der Waals surface area contributed by atoms with E-state index in [0.717, 1.165) is 15.4 Å². The van der Waals surface area contributed by atoms with Gasteiger partial charge in [0.15, 0.2) is 11.5 Å². The Balaban J connectivity index is 2.15. The van der Waals surface area contributed by atoms with Crippen molar-refractivity contribution < 1.29 is 32.2 Å². The summed E-state index contributed by atoms with van der Waals surface area (Å²) < 4.78 is 45.5. The molecule has 0 unspecified atom stereocenters. The number of amides is 2. The summed E-state index contributed by atoms with van der Waals surface area (Å²) in [7, 11) is -0.207. The first-order valence-corrected chi connectivity index (χ1v) is 15.4. The molecule has 0 aromatic heterocycles. The lowest BCUT2D eigenvalue weighted by Crippen LogP contribution is -2.52. The maximum absolute atomic E-state index is 14.3. The van der Waals surface area contributed by atoms with Crippen LogP contribution in [0.4, 0.5) is 5.69 Å². The molecule has 3 aromatic rings. The number of benzene rings is 3. The number of hydrogen-bond acceptors (Lipinski definition) is 7. The lowest BCUT2D eigenvalue weighted by Gasteiger charge is -2.32. The van der Waals surface area contributed by atoms with Gasteiger partial charge in [0.05, 0.1) is 31.9 Å². The Labute approximate surface area is 258 Å². The third kappa shape index (κ3) is 8.11. The Morgan fingerprint density at radius 1 is 0.884 bits per heavy atom. The predicted molar refractivity (Wildman–Crippen MR) is 167 cm³/mol. The normalized spacial score (nSPS) is 11.9. The van der Waals surface area contributed by atoms with Gasteiger partial charge in [-0.05, 0) is 63.6 Å². The molecule has 0 aliphatic rings. The van der Waals surface area contributed by atoms with Crippen molar-refractivity contribution in [3.05, 3.63) is 76.8 Å². The van der Waals surface area contributed by atoms with Gasteiger partial charge in [0.2, 0.25) is 11.8 Å². The van der Waals surface area contributed by atoms with Gasteiger partial charge >= 0.3 is 0 Å². The Hall–Kier alpha value is -3.96. The van der Waals surface area contributed by atoms with Crippen LogP contribution in [0.2, 0.25) is 5.02 Å². The van der Waals surface area contributed by atoms with Gasteiger partial charge in [-0.15, -0.1) is 0 Å². The summed E-state index contributed by atoms with van der Waals surface area (Å²) in [6.45, 7) is 6.59. The molecule has 10 nitrogen and oxygen atoms in total. The second-order valence-electron chi connectivity index (χ2n) is 10.2. The van der Waals surface area contributed by atoms with E-state index in [1.807, 2.05) is 45.0 Å². The molecule has 3 rings (SSSR count). The fourth-order valence-electron chi connectivity index (χ4n) is 4.47. The Morgan fingerprint density at radius 2 is 1.53 bits per heavy atom. The Morgan fingerprint density at radius 3 is 2.14 bits per heavy atom. The van der Waals surface area contributed by atoms with E-state index in [4.69, 9.17) is 25.8 Å². The van der Waals surface area contributed by atoms with Gasteiger partial charge in [0, 0.05) is 23.7 Å². The maximum Gasteiger partial charge on any atom is 0.265 e. The zero-order valence-corrected chi connectivity index (χ0v) is 27.0. The quantitative estimate of drug-likeness (QED) is 0.288. The Bertz CT molecular complexity index is 1560. The van der Waals surface area contributed by atoms with Gasteiger partial charge < -0.3 is 24.4 Å². The van der Waals surface area contributed by atoms with Crippen LogP contribution < -0.4 is 23.8 Å². The monoisotopic (exact) mass is 631 g/mol. The van der Waals surface area contributed by atoms with E-state index in [-0.39, 0.29) is 45.6 Å². The van der Waals surface area contributed by atoms with Gasteiger partial charge in [-0.2, -0.15) is 0 Å². The molecule has 0 aliphatic heterocycles. The molecular formula is C31H38ClN3O7S. The number of hydrogen-bond donors (Lipinski definition) is 1. The maximum atomic E-state index is 14.3. The summed E-state index contributed by atoms with van der Waals surface area (Å²) in [5, 5.41) is 3.07. The fourth-order valence-corrected chi connectivity index (χ4v) is 6.07. The van der Waals surface area contributed by atoms with Gasteiger partial charge in [0.25, 0.3) is 10.0 Å². The lowest BCUT2D eigenvalue weighted by atomic mass is 10.1. The van der Waals surface area contributed by atoms with E-state index in [9.17, 15) is 18.0 Å². The molecule has 1 atom stereocenters. The second kappa shape index (κ2) is 14.5. The van der Waals surface area contributed by atoms with Crippen LogP contribution in [0.3, 0.4) is 0 Å². The zero-order valence-electron chi connectivity index (χ0n) is 25.4. The Kier molecular flexibility index (Phi) is 11.3. The van der Waals surface area contributed by atoms with E-state index in [2.05, 4.69) is 5.32 Å². The molecule has 0 saturated carbocycles. The van der Waals surface area contributed by atoms with E-state index >= 15 is 0 Å². The van der Waals surface area contributed by atoms with E-state index in [1.54, 1.807) is 13.0 Å². The van der Waals surface area contributed by atoms with Crippen molar-refractivity contribution >= 4 is 39.1 Å². The van der Waals surface area contributed by atoms with Crippen molar-refractivity contribution in [2.45, 2.75) is 51.2 Å². The highest BCUT2D eigenvalue weighted by Crippen LogP contribution is 2.37. The van der Waals surface area contributed by atoms with Gasteiger partial charge in [-0.3, -0.25) is 13.9 Å². The van der Waals surface area contributed by atoms with Crippen LogP contribution in [0.5, 0.6) is 17.2 Å². The topological polar surface area (TPSA) is 114 Å². The molecule has 3 aromatic carbocycles. The number of nitrogens with zero attached hydrogens (tertiary/aromatic N) is 2. The first-order valence-electron chi connectivity index (χ1n) is 13.6. The van der Waals surface area contributed by atoms with Gasteiger partial charge in [-0.1, -0.05) is 41.4 Å². The highest BCUT2D eigenvalue weighted by Gasteiger charge is 2.34. The summed E-state index contributed by atoms with van der Waals surface area (Å²) in [6.07, 6.45) is 0. The van der Waals surface area contributed by atoms with Crippen molar-refractivity contribution in [3.8, 4) is 17.2 Å². The highest BCUT2D eigenvalue weighted by atomic mass is 35.5. The number of anilines is 1. The van der Waals surface area contributed by atoms with Crippen molar-refractivity contribution in [2.24, 2.45) is 0 Å². The van der Waals surface area contributed by atoms with Gasteiger partial charge in [-0.25, -0.2) is 8.42 Å². The number of aryl methyl sites for hydroxylation is 1. The number of ether oxygens (including phenoxy) is 3. The molecule has 43 heavy (non-hydrogen) atoms. The molecule has 2 amide bonds. The van der Waals surface area contributed by atoms with Gasteiger partial charge in [0.1, 0.15) is 18.3 Å². The first kappa shape index (κ1) is 33.5. The van der Waals surface area contributed by atoms with Crippen molar-refractivity contribution in [1.29, 1.82) is 0 Å². The van der Waals surface area contributed by atoms with E-state index in [1.165, 1.54) is 56.6 Å². The highest BCUT2D eigenvalue weighted by molar-refractivity contribution is 7.92. The third-order valence-electron chi connectivity index (χ3n) is 6.67. The van der Waals surface area contributed by atoms with E-state index in [0.29, 0.717) is 5.75 Å². The van der Waals surface area contributed by atoms with Crippen LogP contribution in [-0.4, -0.2) is 65.1 Å². The molecule has 1 N–H and O–H groups in total. The summed E-state index contributed by atoms with van der Waals surface area (Å²) in [5.74, 6) is -0.284. The average molecular weight is 632 g/mol.